The Labute approximate surface area is 148 Å². The molecule has 24 heavy (non-hydrogen) atoms. The summed E-state index contributed by atoms with van der Waals surface area (Å²) in [6.07, 6.45) is 3.43. The maximum absolute atomic E-state index is 12.4. The second-order valence-electron chi connectivity index (χ2n) is 5.79. The number of hydrogen-bond donors (Lipinski definition) is 3. The van der Waals surface area contributed by atoms with Crippen LogP contribution in [0.15, 0.2) is 47.1 Å². The van der Waals surface area contributed by atoms with Gasteiger partial charge >= 0.3 is 0 Å². The van der Waals surface area contributed by atoms with Gasteiger partial charge in [-0.25, -0.2) is 0 Å². The number of likely N-dealkylation sites (tertiary alicyclic amines) is 1. The number of aromatic amines is 1. The number of H-pyrrole nitrogens is 1. The molecule has 0 radical (unpaired) electrons. The van der Waals surface area contributed by atoms with Crippen molar-refractivity contribution < 1.29 is 9.59 Å². The van der Waals surface area contributed by atoms with Gasteiger partial charge in [0.25, 0.3) is 11.8 Å². The van der Waals surface area contributed by atoms with E-state index in [1.807, 2.05) is 18.2 Å². The number of carbonyl (C=O) groups excluding carboxylic acids is 2. The molecule has 7 heteroatoms. The van der Waals surface area contributed by atoms with Gasteiger partial charge in [0.05, 0.1) is 6.04 Å². The lowest BCUT2D eigenvalue weighted by molar-refractivity contribution is -0.126. The Morgan fingerprint density at radius 1 is 1.25 bits per heavy atom. The van der Waals surface area contributed by atoms with Gasteiger partial charge in [0.15, 0.2) is 0 Å². The second kappa shape index (κ2) is 7.63. The monoisotopic (exact) mass is 390 g/mol. The average Bonchev–Trinajstić information content (AvgIpc) is 3.22. The molecule has 1 atom stereocenters. The lowest BCUT2D eigenvalue weighted by Gasteiger charge is -2.23. The highest BCUT2D eigenvalue weighted by molar-refractivity contribution is 9.10. The molecule has 0 aliphatic carbocycles. The minimum atomic E-state index is -0.373. The predicted molar refractivity (Wildman–Crippen MR) is 94.0 cm³/mol. The summed E-state index contributed by atoms with van der Waals surface area (Å²) >= 11 is 3.27. The number of benzene rings is 1. The van der Waals surface area contributed by atoms with Crippen LogP contribution in [0.1, 0.15) is 28.9 Å². The molecule has 1 saturated heterocycles. The van der Waals surface area contributed by atoms with Crippen molar-refractivity contribution in [3.05, 3.63) is 58.3 Å². The molecular formula is C17H19BrN4O2. The second-order valence-corrected chi connectivity index (χ2v) is 6.70. The predicted octanol–water partition coefficient (Wildman–Crippen LogP) is 2.20. The molecule has 1 aliphatic heterocycles. The summed E-state index contributed by atoms with van der Waals surface area (Å²) in [6, 6.07) is 11.5. The van der Waals surface area contributed by atoms with Crippen molar-refractivity contribution in [3.8, 4) is 0 Å². The number of hydrogen-bond acceptors (Lipinski definition) is 3. The molecule has 0 spiro atoms. The molecule has 2 aromatic rings. The van der Waals surface area contributed by atoms with Gasteiger partial charge in [-0.1, -0.05) is 30.3 Å². The summed E-state index contributed by atoms with van der Waals surface area (Å²) in [5.74, 6) is -0.552. The van der Waals surface area contributed by atoms with Gasteiger partial charge in [-0.05, 0) is 46.9 Å². The molecule has 1 aromatic carbocycles. The standard InChI is InChI=1S/C17H19BrN4O2/c18-13-9-14(19-10-13)16(23)20-21-17(24)15-7-4-8-22(15)11-12-5-2-1-3-6-12/h1-3,5-6,9-10,15,19H,4,7-8,11H2,(H,20,23)(H,21,24). The van der Waals surface area contributed by atoms with Crippen LogP contribution in [0.4, 0.5) is 0 Å². The van der Waals surface area contributed by atoms with E-state index in [0.717, 1.165) is 30.4 Å². The number of amides is 2. The molecule has 1 unspecified atom stereocenters. The zero-order valence-electron chi connectivity index (χ0n) is 13.1. The fourth-order valence-electron chi connectivity index (χ4n) is 2.90. The third kappa shape index (κ3) is 4.04. The molecule has 3 rings (SSSR count). The zero-order valence-corrected chi connectivity index (χ0v) is 14.7. The first kappa shape index (κ1) is 16.7. The molecule has 0 saturated carbocycles. The van der Waals surface area contributed by atoms with Crippen molar-refractivity contribution in [3.63, 3.8) is 0 Å². The molecule has 126 valence electrons. The van der Waals surface area contributed by atoms with E-state index in [9.17, 15) is 9.59 Å². The van der Waals surface area contributed by atoms with Crippen LogP contribution in [0.3, 0.4) is 0 Å². The first-order chi connectivity index (χ1) is 11.6. The molecule has 6 nitrogen and oxygen atoms in total. The van der Waals surface area contributed by atoms with Gasteiger partial charge in [0.1, 0.15) is 5.69 Å². The van der Waals surface area contributed by atoms with Crippen LogP contribution in [0.2, 0.25) is 0 Å². The third-order valence-electron chi connectivity index (χ3n) is 4.09. The van der Waals surface area contributed by atoms with Crippen molar-refractivity contribution in [1.29, 1.82) is 0 Å². The lowest BCUT2D eigenvalue weighted by atomic mass is 10.2. The van der Waals surface area contributed by atoms with Crippen LogP contribution in [0.5, 0.6) is 0 Å². The summed E-state index contributed by atoms with van der Waals surface area (Å²) in [6.45, 7) is 1.61. The van der Waals surface area contributed by atoms with E-state index in [1.165, 1.54) is 5.56 Å². The fourth-order valence-corrected chi connectivity index (χ4v) is 3.24. The summed E-state index contributed by atoms with van der Waals surface area (Å²) in [4.78, 5) is 29.3. The van der Waals surface area contributed by atoms with Crippen LogP contribution < -0.4 is 10.9 Å². The first-order valence-corrected chi connectivity index (χ1v) is 8.65. The van der Waals surface area contributed by atoms with E-state index in [1.54, 1.807) is 12.3 Å². The van der Waals surface area contributed by atoms with E-state index >= 15 is 0 Å². The van der Waals surface area contributed by atoms with Crippen molar-refractivity contribution in [1.82, 2.24) is 20.7 Å². The third-order valence-corrected chi connectivity index (χ3v) is 4.54. The van der Waals surface area contributed by atoms with Crippen molar-refractivity contribution >= 4 is 27.7 Å². The van der Waals surface area contributed by atoms with E-state index in [2.05, 4.69) is 48.8 Å². The Balaban J connectivity index is 1.54. The van der Waals surface area contributed by atoms with E-state index < -0.39 is 0 Å². The molecule has 1 aromatic heterocycles. The maximum atomic E-state index is 12.4. The summed E-state index contributed by atoms with van der Waals surface area (Å²) < 4.78 is 0.781. The Hall–Kier alpha value is -2.12. The van der Waals surface area contributed by atoms with Crippen LogP contribution in [0.25, 0.3) is 0 Å². The number of hydrazine groups is 1. The summed E-state index contributed by atoms with van der Waals surface area (Å²) in [5.41, 5.74) is 6.55. The molecule has 2 heterocycles. The fraction of sp³-hybridized carbons (Fsp3) is 0.294. The average molecular weight is 391 g/mol. The van der Waals surface area contributed by atoms with Crippen LogP contribution in [-0.2, 0) is 11.3 Å². The van der Waals surface area contributed by atoms with E-state index in [0.29, 0.717) is 5.69 Å². The SMILES string of the molecule is O=C(NNC(=O)C1CCCN1Cc1ccccc1)c1cc(Br)c[nH]1. The number of aromatic nitrogens is 1. The lowest BCUT2D eigenvalue weighted by Crippen LogP contribution is -2.50. The molecule has 3 N–H and O–H groups in total. The van der Waals surface area contributed by atoms with Gasteiger partial charge in [-0.3, -0.25) is 25.3 Å². The molecular weight excluding hydrogens is 372 g/mol. The van der Waals surface area contributed by atoms with E-state index in [-0.39, 0.29) is 17.9 Å². The van der Waals surface area contributed by atoms with Gasteiger partial charge in [0, 0.05) is 17.2 Å². The van der Waals surface area contributed by atoms with Gasteiger partial charge < -0.3 is 4.98 Å². The van der Waals surface area contributed by atoms with Crippen molar-refractivity contribution in [2.75, 3.05) is 6.54 Å². The number of halogens is 1. The first-order valence-electron chi connectivity index (χ1n) is 7.85. The highest BCUT2D eigenvalue weighted by atomic mass is 79.9. The Morgan fingerprint density at radius 2 is 2.04 bits per heavy atom. The Kier molecular flexibility index (Phi) is 5.32. The minimum Gasteiger partial charge on any atom is -0.356 e. The van der Waals surface area contributed by atoms with Crippen LogP contribution in [-0.4, -0.2) is 34.3 Å². The highest BCUT2D eigenvalue weighted by Crippen LogP contribution is 2.20. The molecule has 1 aliphatic rings. The van der Waals surface area contributed by atoms with E-state index in [4.69, 9.17) is 0 Å². The van der Waals surface area contributed by atoms with Gasteiger partial charge in [0.2, 0.25) is 0 Å². The smallest absolute Gasteiger partial charge is 0.286 e. The topological polar surface area (TPSA) is 77.2 Å². The number of carbonyl (C=O) groups is 2. The van der Waals surface area contributed by atoms with Crippen molar-refractivity contribution in [2.45, 2.75) is 25.4 Å². The van der Waals surface area contributed by atoms with Crippen LogP contribution in [0, 0.1) is 0 Å². The summed E-state index contributed by atoms with van der Waals surface area (Å²) in [5, 5.41) is 0. The number of rotatable bonds is 4. The van der Waals surface area contributed by atoms with Crippen molar-refractivity contribution in [2.24, 2.45) is 0 Å². The van der Waals surface area contributed by atoms with Gasteiger partial charge in [-0.2, -0.15) is 0 Å². The quantitative estimate of drug-likeness (QED) is 0.700. The van der Waals surface area contributed by atoms with Gasteiger partial charge in [-0.15, -0.1) is 0 Å². The Bertz CT molecular complexity index is 716. The highest BCUT2D eigenvalue weighted by Gasteiger charge is 2.30. The molecule has 0 bridgehead atoms. The maximum Gasteiger partial charge on any atom is 0.286 e. The minimum absolute atomic E-state index is 0.178. The number of nitrogens with zero attached hydrogens (tertiary/aromatic N) is 1. The Morgan fingerprint density at radius 3 is 2.75 bits per heavy atom. The normalized spacial score (nSPS) is 17.6. The molecule has 2 amide bonds. The zero-order chi connectivity index (χ0) is 16.9. The largest absolute Gasteiger partial charge is 0.356 e. The van der Waals surface area contributed by atoms with Crippen LogP contribution >= 0.6 is 15.9 Å². The summed E-state index contributed by atoms with van der Waals surface area (Å²) in [7, 11) is 0. The molecule has 1 fully saturated rings. The number of nitrogens with one attached hydrogen (secondary N) is 3.